The van der Waals surface area contributed by atoms with Crippen LogP contribution in [0.3, 0.4) is 0 Å². The third-order valence-corrected chi connectivity index (χ3v) is 12.7. The van der Waals surface area contributed by atoms with Crippen LogP contribution < -0.4 is 24.3 Å². The van der Waals surface area contributed by atoms with Crippen molar-refractivity contribution in [3.63, 3.8) is 0 Å². The van der Waals surface area contributed by atoms with Crippen LogP contribution in [0.1, 0.15) is 68.8 Å². The van der Waals surface area contributed by atoms with Gasteiger partial charge in [-0.1, -0.05) is 36.4 Å². The second-order valence-corrected chi connectivity index (χ2v) is 18.4. The van der Waals surface area contributed by atoms with Crippen molar-refractivity contribution in [3.05, 3.63) is 124 Å². The van der Waals surface area contributed by atoms with Crippen molar-refractivity contribution in [2.24, 2.45) is 0 Å². The molecule has 6 rings (SSSR count). The average Bonchev–Trinajstić information content (AvgIpc) is 3.98. The summed E-state index contributed by atoms with van der Waals surface area (Å²) < 4.78 is 26.1. The Morgan fingerprint density at radius 1 is 0.672 bits per heavy atom. The lowest BCUT2D eigenvalue weighted by Crippen LogP contribution is -2.28. The van der Waals surface area contributed by atoms with Crippen molar-refractivity contribution in [1.29, 1.82) is 0 Å². The van der Waals surface area contributed by atoms with Crippen molar-refractivity contribution < 1.29 is 49.0 Å². The van der Waals surface area contributed by atoms with Crippen LogP contribution >= 0.6 is 54.5 Å². The number of aromatic nitrogens is 4. The van der Waals surface area contributed by atoms with E-state index in [9.17, 15) is 19.8 Å². The summed E-state index contributed by atoms with van der Waals surface area (Å²) in [6.45, 7) is 5.40. The fraction of sp³-hybridized carbons (Fsp3) is 0.333. The molecule has 0 amide bonds. The second-order valence-electron chi connectivity index (χ2n) is 14.8. The van der Waals surface area contributed by atoms with Gasteiger partial charge >= 0.3 is 11.9 Å². The maximum absolute atomic E-state index is 11.0. The fourth-order valence-corrected chi connectivity index (χ4v) is 8.66. The molecule has 4 heterocycles. The molecule has 2 atom stereocenters. The molecular weight excluding hydrogens is 994 g/mol. The number of aliphatic carboxylic acids is 2. The number of carboxylic acids is 2. The first-order valence-corrected chi connectivity index (χ1v) is 23.5. The highest BCUT2D eigenvalue weighted by atomic mass is 79.9. The molecule has 0 saturated heterocycles. The Morgan fingerprint density at radius 2 is 1.16 bits per heavy atom. The van der Waals surface area contributed by atoms with Gasteiger partial charge in [0.25, 0.3) is 0 Å². The lowest BCUT2D eigenvalue weighted by atomic mass is 9.92. The maximum Gasteiger partial charge on any atom is 0.306 e. The number of carbonyl (C=O) groups is 2. The Morgan fingerprint density at radius 3 is 1.66 bits per heavy atom. The minimum absolute atomic E-state index is 0.0734. The zero-order chi connectivity index (χ0) is 45.6. The fourth-order valence-electron chi connectivity index (χ4n) is 6.69. The molecule has 15 nitrogen and oxygen atoms in total. The molecule has 0 radical (unpaired) electrons. The van der Waals surface area contributed by atoms with Gasteiger partial charge in [0.2, 0.25) is 23.5 Å². The van der Waals surface area contributed by atoms with Crippen LogP contribution in [-0.2, 0) is 49.0 Å². The molecule has 0 aliphatic heterocycles. The zero-order valence-electron chi connectivity index (χ0n) is 35.0. The van der Waals surface area contributed by atoms with Crippen molar-refractivity contribution >= 4 is 66.5 Å². The number of aliphatic hydroxyl groups excluding tert-OH is 2. The number of aryl methyl sites for hydroxylation is 1. The van der Waals surface area contributed by atoms with Gasteiger partial charge < -0.3 is 44.7 Å². The number of ether oxygens (including phenoxy) is 4. The summed E-state index contributed by atoms with van der Waals surface area (Å²) in [7, 11) is 0. The van der Waals surface area contributed by atoms with Gasteiger partial charge in [-0.25, -0.2) is 0 Å². The Labute approximate surface area is 394 Å². The number of hydrogen-bond acceptors (Lipinski definition) is 15. The van der Waals surface area contributed by atoms with E-state index in [4.69, 9.17) is 39.1 Å². The number of hydrogen-bond donors (Lipinski definition) is 5. The molecule has 4 aromatic heterocycles. The summed E-state index contributed by atoms with van der Waals surface area (Å²) in [4.78, 5) is 41.6. The Hall–Kier alpha value is -5.02. The number of rotatable bonds is 25. The number of halogens is 2. The molecule has 0 unspecified atom stereocenters. The molecule has 0 bridgehead atoms. The summed E-state index contributed by atoms with van der Waals surface area (Å²) in [6, 6.07) is 15.9. The van der Waals surface area contributed by atoms with E-state index in [1.54, 1.807) is 23.4 Å². The largest absolute Gasteiger partial charge is 0.481 e. The van der Waals surface area contributed by atoms with E-state index in [0.717, 1.165) is 48.7 Å². The van der Waals surface area contributed by atoms with E-state index in [2.05, 4.69) is 73.1 Å². The van der Waals surface area contributed by atoms with Gasteiger partial charge in [-0.15, -0.1) is 22.7 Å². The molecule has 6 aromatic rings. The SMILES string of the molecule is Cc1c(COc2nc(OCc3cncs3)c(CCC[C@@H](O)CC(=O)O)cc2Br)cccc1-c1cccc(COc2nc(OCc3cncs3)c(CNC[C@@H](O)CC(=O)O)cc2Br)c1C. The number of pyridine rings is 2. The molecule has 64 heavy (non-hydrogen) atoms. The van der Waals surface area contributed by atoms with Gasteiger partial charge in [-0.3, -0.25) is 19.6 Å². The van der Waals surface area contributed by atoms with E-state index in [1.807, 2.05) is 36.4 Å². The lowest BCUT2D eigenvalue weighted by Gasteiger charge is -2.18. The average molecular weight is 1040 g/mol. The molecule has 19 heteroatoms. The van der Waals surface area contributed by atoms with E-state index < -0.39 is 24.1 Å². The number of nitrogens with zero attached hydrogens (tertiary/aromatic N) is 4. The predicted octanol–water partition coefficient (Wildman–Crippen LogP) is 8.60. The highest BCUT2D eigenvalue weighted by Crippen LogP contribution is 2.35. The van der Waals surface area contributed by atoms with Gasteiger partial charge in [0.15, 0.2) is 0 Å². The van der Waals surface area contributed by atoms with Crippen molar-refractivity contribution in [2.75, 3.05) is 6.54 Å². The van der Waals surface area contributed by atoms with Gasteiger partial charge in [0.05, 0.1) is 54.8 Å². The van der Waals surface area contributed by atoms with Crippen LogP contribution in [0.4, 0.5) is 0 Å². The summed E-state index contributed by atoms with van der Waals surface area (Å²) in [5.74, 6) is -0.725. The first-order chi connectivity index (χ1) is 30.8. The summed E-state index contributed by atoms with van der Waals surface area (Å²) in [5, 5.41) is 41.2. The van der Waals surface area contributed by atoms with Crippen molar-refractivity contribution in [3.8, 4) is 34.6 Å². The predicted molar refractivity (Wildman–Crippen MR) is 248 cm³/mol. The molecule has 0 aliphatic carbocycles. The normalized spacial score (nSPS) is 12.2. The van der Waals surface area contributed by atoms with Gasteiger partial charge in [0.1, 0.15) is 26.4 Å². The van der Waals surface area contributed by atoms with Crippen molar-refractivity contribution in [1.82, 2.24) is 25.3 Å². The highest BCUT2D eigenvalue weighted by Gasteiger charge is 2.19. The summed E-state index contributed by atoms with van der Waals surface area (Å²) in [5.41, 5.74) is 11.0. The third kappa shape index (κ3) is 14.0. The third-order valence-electron chi connectivity index (χ3n) is 10.0. The lowest BCUT2D eigenvalue weighted by molar-refractivity contribution is -0.140. The number of nitrogens with one attached hydrogen (secondary N) is 1. The van der Waals surface area contributed by atoms with Gasteiger partial charge in [-0.2, -0.15) is 9.97 Å². The van der Waals surface area contributed by atoms with Crippen LogP contribution in [0.5, 0.6) is 23.5 Å². The molecule has 0 fully saturated rings. The number of benzene rings is 2. The van der Waals surface area contributed by atoms with Gasteiger partial charge in [0, 0.05) is 36.6 Å². The number of thiazole rings is 2. The van der Waals surface area contributed by atoms with E-state index in [1.165, 1.54) is 22.7 Å². The Balaban J connectivity index is 1.15. The van der Waals surface area contributed by atoms with Crippen LogP contribution in [0.2, 0.25) is 0 Å². The van der Waals surface area contributed by atoms with Crippen LogP contribution in [0.25, 0.3) is 11.1 Å². The Bertz CT molecular complexity index is 2320. The molecule has 5 N–H and O–H groups in total. The minimum Gasteiger partial charge on any atom is -0.481 e. The summed E-state index contributed by atoms with van der Waals surface area (Å²) >= 11 is 10.2. The van der Waals surface area contributed by atoms with E-state index >= 15 is 0 Å². The molecule has 0 saturated carbocycles. The Kier molecular flexibility index (Phi) is 18.0. The molecule has 2 aromatic carbocycles. The van der Waals surface area contributed by atoms with Crippen LogP contribution in [-0.4, -0.2) is 71.1 Å². The molecular formula is C45H47Br2N5O10S2. The first kappa shape index (κ1) is 48.4. The monoisotopic (exact) mass is 1040 g/mol. The maximum atomic E-state index is 11.0. The highest BCUT2D eigenvalue weighted by molar-refractivity contribution is 9.10. The zero-order valence-corrected chi connectivity index (χ0v) is 39.8. The topological polar surface area (TPSA) is 216 Å². The van der Waals surface area contributed by atoms with Gasteiger partial charge in [-0.05, 0) is 110 Å². The van der Waals surface area contributed by atoms with Crippen molar-refractivity contribution in [2.45, 2.75) is 91.1 Å². The van der Waals surface area contributed by atoms with E-state index in [-0.39, 0.29) is 52.4 Å². The standard InChI is InChI=1S/C45H47Br2N5O10S2/c1-26-29(20-59-44-38(46)12-28(6-3-9-32(53)14-40(55)56)42(51-44)61-22-34-18-49-24-63-34)7-4-10-36(26)37-11-5-8-30(27(37)2)21-60-45-39(47)13-31(16-48-17-33(54)15-41(57)58)43(52-45)62-23-35-19-50-25-64-35/h4-5,7-8,10-13,18-19,24-25,32-33,48,53-54H,3,6,9,14-17,20-23H2,1-2H3,(H,55,56)(H,57,58)/t32-,33+/m1/s1. The molecule has 0 spiro atoms. The second kappa shape index (κ2) is 23.8. The van der Waals surface area contributed by atoms with Crippen LogP contribution in [0.15, 0.2) is 80.9 Å². The number of carboxylic acid groups (broad SMARTS) is 2. The first-order valence-electron chi connectivity index (χ1n) is 20.2. The molecule has 0 aliphatic rings. The minimum atomic E-state index is -1.08. The van der Waals surface area contributed by atoms with E-state index in [0.29, 0.717) is 57.3 Å². The number of aliphatic hydroxyl groups is 2. The quantitative estimate of drug-likeness (QED) is 0.0363. The smallest absolute Gasteiger partial charge is 0.306 e. The summed E-state index contributed by atoms with van der Waals surface area (Å²) in [6.07, 6.45) is 2.17. The van der Waals surface area contributed by atoms with Crippen LogP contribution in [0, 0.1) is 13.8 Å². The molecule has 338 valence electrons.